The standard InChI is InChI=1S/C20H16O5S/c1-13-11-17(21)20(23)18(22)12-19(13)26(24,25)16-9-7-15(8-10-16)14-5-3-2-4-6-14/h2-12H,1H3,(H2,21,22,23). The highest BCUT2D eigenvalue weighted by Gasteiger charge is 2.21. The maximum absolute atomic E-state index is 12.9. The van der Waals surface area contributed by atoms with E-state index < -0.39 is 26.8 Å². The molecule has 0 spiro atoms. The molecule has 0 aromatic heterocycles. The van der Waals surface area contributed by atoms with Gasteiger partial charge in [-0.25, -0.2) is 8.42 Å². The molecule has 132 valence electrons. The first-order chi connectivity index (χ1) is 12.3. The van der Waals surface area contributed by atoms with E-state index in [9.17, 15) is 23.4 Å². The Morgan fingerprint density at radius 3 is 1.92 bits per heavy atom. The van der Waals surface area contributed by atoms with Gasteiger partial charge in [0, 0.05) is 6.07 Å². The van der Waals surface area contributed by atoms with Crippen molar-refractivity contribution in [1.82, 2.24) is 0 Å². The van der Waals surface area contributed by atoms with Crippen molar-refractivity contribution in [2.45, 2.75) is 16.7 Å². The topological polar surface area (TPSA) is 91.7 Å². The van der Waals surface area contributed by atoms with Gasteiger partial charge in [0.2, 0.25) is 9.84 Å². The molecule has 0 amide bonds. The zero-order chi connectivity index (χ0) is 18.9. The molecule has 0 heterocycles. The van der Waals surface area contributed by atoms with Gasteiger partial charge in [0.05, 0.1) is 9.79 Å². The van der Waals surface area contributed by atoms with Gasteiger partial charge in [-0.05, 0) is 41.8 Å². The number of rotatable bonds is 3. The Morgan fingerprint density at radius 1 is 0.769 bits per heavy atom. The normalized spacial score (nSPS) is 11.3. The number of hydrogen-bond acceptors (Lipinski definition) is 5. The van der Waals surface area contributed by atoms with E-state index in [4.69, 9.17) is 0 Å². The first-order valence-electron chi connectivity index (χ1n) is 7.78. The second-order valence-electron chi connectivity index (χ2n) is 5.83. The fourth-order valence-corrected chi connectivity index (χ4v) is 4.15. The molecule has 2 N–H and O–H groups in total. The van der Waals surface area contributed by atoms with Gasteiger partial charge < -0.3 is 10.2 Å². The van der Waals surface area contributed by atoms with E-state index in [2.05, 4.69) is 0 Å². The van der Waals surface area contributed by atoms with E-state index in [0.717, 1.165) is 23.3 Å². The Hall–Kier alpha value is -3.12. The van der Waals surface area contributed by atoms with Crippen molar-refractivity contribution in [3.05, 3.63) is 82.5 Å². The molecule has 3 aromatic carbocycles. The maximum Gasteiger partial charge on any atom is 0.261 e. The first-order valence-corrected chi connectivity index (χ1v) is 9.26. The summed E-state index contributed by atoms with van der Waals surface area (Å²) in [6.07, 6.45) is 0. The van der Waals surface area contributed by atoms with Crippen LogP contribution in [0.2, 0.25) is 0 Å². The third-order valence-corrected chi connectivity index (χ3v) is 5.95. The highest BCUT2D eigenvalue weighted by molar-refractivity contribution is 7.91. The third-order valence-electron chi connectivity index (χ3n) is 4.04. The summed E-state index contributed by atoms with van der Waals surface area (Å²) in [6, 6.07) is 17.7. The van der Waals surface area contributed by atoms with Crippen LogP contribution in [0.1, 0.15) is 5.56 Å². The molecule has 0 aliphatic heterocycles. The molecule has 0 aliphatic rings. The average molecular weight is 368 g/mol. The Morgan fingerprint density at radius 2 is 1.31 bits per heavy atom. The van der Waals surface area contributed by atoms with Crippen molar-refractivity contribution in [3.63, 3.8) is 0 Å². The zero-order valence-electron chi connectivity index (χ0n) is 13.9. The minimum absolute atomic E-state index is 0.0258. The van der Waals surface area contributed by atoms with Gasteiger partial charge in [-0.3, -0.25) is 4.79 Å². The monoisotopic (exact) mass is 368 g/mol. The molecule has 0 saturated carbocycles. The van der Waals surface area contributed by atoms with E-state index in [1.807, 2.05) is 30.3 Å². The number of benzene rings is 2. The molecule has 3 aromatic rings. The summed E-state index contributed by atoms with van der Waals surface area (Å²) < 4.78 is 25.8. The van der Waals surface area contributed by atoms with Crippen LogP contribution >= 0.6 is 0 Å². The van der Waals surface area contributed by atoms with E-state index in [-0.39, 0.29) is 15.4 Å². The summed E-state index contributed by atoms with van der Waals surface area (Å²) in [6.45, 7) is 1.45. The van der Waals surface area contributed by atoms with Crippen molar-refractivity contribution in [2.75, 3.05) is 0 Å². The lowest BCUT2D eigenvalue weighted by Gasteiger charge is -2.07. The summed E-state index contributed by atoms with van der Waals surface area (Å²) in [5.74, 6) is -1.53. The minimum atomic E-state index is -3.98. The van der Waals surface area contributed by atoms with Gasteiger partial charge in [-0.1, -0.05) is 42.5 Å². The predicted octanol–water partition coefficient (Wildman–Crippen LogP) is 3.27. The fraction of sp³-hybridized carbons (Fsp3) is 0.0500. The smallest absolute Gasteiger partial charge is 0.261 e. The van der Waals surface area contributed by atoms with Crippen LogP contribution in [0.15, 0.2) is 81.3 Å². The quantitative estimate of drug-likeness (QED) is 0.740. The van der Waals surface area contributed by atoms with E-state index in [1.165, 1.54) is 19.1 Å². The maximum atomic E-state index is 12.9. The van der Waals surface area contributed by atoms with Crippen LogP contribution < -0.4 is 5.43 Å². The summed E-state index contributed by atoms with van der Waals surface area (Å²) in [7, 11) is -3.98. The van der Waals surface area contributed by atoms with Crippen LogP contribution in [0.5, 0.6) is 11.5 Å². The summed E-state index contributed by atoms with van der Waals surface area (Å²) in [5.41, 5.74) is 0.959. The molecular formula is C20H16O5S. The fourth-order valence-electron chi connectivity index (χ4n) is 2.65. The molecule has 0 radical (unpaired) electrons. The Labute approximate surface area is 150 Å². The van der Waals surface area contributed by atoms with Crippen LogP contribution in [-0.4, -0.2) is 18.6 Å². The number of hydrogen-bond donors (Lipinski definition) is 2. The summed E-state index contributed by atoms with van der Waals surface area (Å²) >= 11 is 0. The van der Waals surface area contributed by atoms with Crippen LogP contribution in [0.4, 0.5) is 0 Å². The first kappa shape index (κ1) is 17.7. The zero-order valence-corrected chi connectivity index (χ0v) is 14.7. The Balaban J connectivity index is 2.11. The summed E-state index contributed by atoms with van der Waals surface area (Å²) in [4.78, 5) is 11.4. The summed E-state index contributed by atoms with van der Waals surface area (Å²) in [5, 5.41) is 19.3. The van der Waals surface area contributed by atoms with E-state index in [1.54, 1.807) is 12.1 Å². The van der Waals surface area contributed by atoms with Crippen LogP contribution in [0.25, 0.3) is 11.1 Å². The van der Waals surface area contributed by atoms with Gasteiger partial charge in [0.1, 0.15) is 0 Å². The van der Waals surface area contributed by atoms with Gasteiger partial charge in [-0.15, -0.1) is 0 Å². The molecule has 0 unspecified atom stereocenters. The number of sulfone groups is 1. The molecule has 5 nitrogen and oxygen atoms in total. The highest BCUT2D eigenvalue weighted by atomic mass is 32.2. The van der Waals surface area contributed by atoms with Crippen molar-refractivity contribution < 1.29 is 18.6 Å². The SMILES string of the molecule is Cc1cc(O)c(=O)c(O)cc1S(=O)(=O)c1ccc(-c2ccccc2)cc1. The van der Waals surface area contributed by atoms with Crippen molar-refractivity contribution in [2.24, 2.45) is 0 Å². The van der Waals surface area contributed by atoms with Crippen LogP contribution in [0, 0.1) is 6.92 Å². The molecule has 0 aliphatic carbocycles. The van der Waals surface area contributed by atoms with E-state index >= 15 is 0 Å². The van der Waals surface area contributed by atoms with Gasteiger partial charge in [0.15, 0.2) is 11.5 Å². The third kappa shape index (κ3) is 3.19. The molecule has 0 fully saturated rings. The predicted molar refractivity (Wildman–Crippen MR) is 98.1 cm³/mol. The molecule has 0 saturated heterocycles. The van der Waals surface area contributed by atoms with Gasteiger partial charge >= 0.3 is 0 Å². The van der Waals surface area contributed by atoms with E-state index in [0.29, 0.717) is 0 Å². The average Bonchev–Trinajstić information content (AvgIpc) is 2.74. The molecule has 6 heteroatoms. The largest absolute Gasteiger partial charge is 0.504 e. The Bertz CT molecular complexity index is 1120. The van der Waals surface area contributed by atoms with Crippen molar-refractivity contribution in [1.29, 1.82) is 0 Å². The second-order valence-corrected chi connectivity index (χ2v) is 7.75. The van der Waals surface area contributed by atoms with Crippen molar-refractivity contribution >= 4 is 9.84 Å². The second kappa shape index (κ2) is 6.65. The Kier molecular flexibility index (Phi) is 4.52. The highest BCUT2D eigenvalue weighted by Crippen LogP contribution is 2.28. The lowest BCUT2D eigenvalue weighted by molar-refractivity contribution is 0.444. The van der Waals surface area contributed by atoms with Gasteiger partial charge in [0.25, 0.3) is 5.43 Å². The number of aromatic hydroxyl groups is 2. The lowest BCUT2D eigenvalue weighted by Crippen LogP contribution is -2.03. The molecule has 26 heavy (non-hydrogen) atoms. The van der Waals surface area contributed by atoms with Gasteiger partial charge in [-0.2, -0.15) is 0 Å². The molecule has 0 atom stereocenters. The van der Waals surface area contributed by atoms with Crippen molar-refractivity contribution in [3.8, 4) is 22.6 Å². The minimum Gasteiger partial charge on any atom is -0.504 e. The number of aryl methyl sites for hydroxylation is 1. The van der Waals surface area contributed by atoms with Crippen LogP contribution in [-0.2, 0) is 9.84 Å². The molecule has 3 rings (SSSR count). The molecule has 0 bridgehead atoms. The lowest BCUT2D eigenvalue weighted by atomic mass is 10.1. The molecular weight excluding hydrogens is 352 g/mol. The van der Waals surface area contributed by atoms with Crippen LogP contribution in [0.3, 0.4) is 0 Å².